The van der Waals surface area contributed by atoms with Gasteiger partial charge in [-0.2, -0.15) is 0 Å². The third-order valence-electron chi connectivity index (χ3n) is 3.02. The van der Waals surface area contributed by atoms with Crippen LogP contribution in [-0.4, -0.2) is 23.4 Å². The van der Waals surface area contributed by atoms with Gasteiger partial charge in [-0.3, -0.25) is 9.69 Å². The van der Waals surface area contributed by atoms with Crippen LogP contribution >= 0.6 is 15.9 Å². The average Bonchev–Trinajstić information content (AvgIpc) is 2.62. The van der Waals surface area contributed by atoms with Crippen molar-refractivity contribution in [1.82, 2.24) is 10.2 Å². The summed E-state index contributed by atoms with van der Waals surface area (Å²) >= 11 is 3.36. The first-order valence-corrected chi connectivity index (χ1v) is 7.13. The van der Waals surface area contributed by atoms with Crippen molar-refractivity contribution in [2.75, 3.05) is 6.54 Å². The first-order valence-electron chi connectivity index (χ1n) is 6.34. The Morgan fingerprint density at radius 2 is 2.00 bits per heavy atom. The molecule has 1 aliphatic rings. The van der Waals surface area contributed by atoms with Crippen LogP contribution in [0.1, 0.15) is 24.8 Å². The quantitative estimate of drug-likeness (QED) is 0.909. The van der Waals surface area contributed by atoms with Crippen LogP contribution in [0.4, 0.5) is 4.79 Å². The van der Waals surface area contributed by atoms with E-state index < -0.39 is 0 Å². The second-order valence-corrected chi connectivity index (χ2v) is 5.39. The molecule has 1 radical (unpaired) electrons. The number of nitrogens with one attached hydrogen (secondary N) is 1. The van der Waals surface area contributed by atoms with Crippen molar-refractivity contribution in [3.8, 4) is 0 Å². The summed E-state index contributed by atoms with van der Waals surface area (Å²) in [7, 11) is 0. The molecule has 1 saturated heterocycles. The van der Waals surface area contributed by atoms with E-state index in [0.717, 1.165) is 29.3 Å². The molecular formula is C14H16BrN2O2. The molecule has 1 aromatic rings. The first kappa shape index (κ1) is 14.1. The van der Waals surface area contributed by atoms with Gasteiger partial charge in [0, 0.05) is 17.6 Å². The van der Waals surface area contributed by atoms with Crippen LogP contribution in [-0.2, 0) is 11.3 Å². The maximum atomic E-state index is 12.0. The molecule has 2 rings (SSSR count). The SMILES string of the molecule is O=C1[CH]CCCCN1C(=O)NCc1ccc(Br)cc1. The third-order valence-corrected chi connectivity index (χ3v) is 3.55. The summed E-state index contributed by atoms with van der Waals surface area (Å²) in [5.41, 5.74) is 1.00. The van der Waals surface area contributed by atoms with Crippen LogP contribution in [0.25, 0.3) is 0 Å². The van der Waals surface area contributed by atoms with Crippen molar-refractivity contribution >= 4 is 27.9 Å². The van der Waals surface area contributed by atoms with Gasteiger partial charge in [-0.15, -0.1) is 0 Å². The van der Waals surface area contributed by atoms with E-state index in [2.05, 4.69) is 21.2 Å². The minimum absolute atomic E-state index is 0.189. The number of hydrogen-bond acceptors (Lipinski definition) is 2. The zero-order valence-corrected chi connectivity index (χ0v) is 12.1. The number of amides is 3. The molecule has 19 heavy (non-hydrogen) atoms. The van der Waals surface area contributed by atoms with Gasteiger partial charge in [0.15, 0.2) is 0 Å². The van der Waals surface area contributed by atoms with Gasteiger partial charge in [0.2, 0.25) is 5.91 Å². The first-order chi connectivity index (χ1) is 9.16. The molecule has 1 aliphatic heterocycles. The topological polar surface area (TPSA) is 49.4 Å². The van der Waals surface area contributed by atoms with Crippen molar-refractivity contribution in [2.24, 2.45) is 0 Å². The monoisotopic (exact) mass is 323 g/mol. The van der Waals surface area contributed by atoms with E-state index in [4.69, 9.17) is 0 Å². The molecule has 0 saturated carbocycles. The molecular weight excluding hydrogens is 308 g/mol. The van der Waals surface area contributed by atoms with Gasteiger partial charge in [0.05, 0.1) is 6.42 Å². The Hall–Kier alpha value is -1.36. The van der Waals surface area contributed by atoms with Gasteiger partial charge in [-0.25, -0.2) is 4.79 Å². The molecule has 1 aromatic carbocycles. The number of carbonyl (C=O) groups is 2. The summed E-state index contributed by atoms with van der Waals surface area (Å²) < 4.78 is 1.000. The average molecular weight is 324 g/mol. The smallest absolute Gasteiger partial charge is 0.324 e. The van der Waals surface area contributed by atoms with Gasteiger partial charge in [-0.05, 0) is 30.5 Å². The van der Waals surface area contributed by atoms with Gasteiger partial charge >= 0.3 is 6.03 Å². The van der Waals surface area contributed by atoms with Crippen molar-refractivity contribution in [3.63, 3.8) is 0 Å². The van der Waals surface area contributed by atoms with Crippen LogP contribution in [0.3, 0.4) is 0 Å². The second kappa shape index (κ2) is 6.70. The van der Waals surface area contributed by atoms with Crippen LogP contribution in [0.15, 0.2) is 28.7 Å². The summed E-state index contributed by atoms with van der Waals surface area (Å²) in [5, 5.41) is 2.78. The lowest BCUT2D eigenvalue weighted by atomic mass is 10.2. The molecule has 0 bridgehead atoms. The highest BCUT2D eigenvalue weighted by atomic mass is 79.9. The number of halogens is 1. The van der Waals surface area contributed by atoms with Crippen LogP contribution in [0, 0.1) is 6.42 Å². The number of urea groups is 1. The van der Waals surface area contributed by atoms with E-state index >= 15 is 0 Å². The third kappa shape index (κ3) is 4.06. The number of likely N-dealkylation sites (tertiary alicyclic amines) is 1. The zero-order valence-electron chi connectivity index (χ0n) is 10.6. The Morgan fingerprint density at radius 3 is 2.74 bits per heavy atom. The number of rotatable bonds is 2. The van der Waals surface area contributed by atoms with Crippen molar-refractivity contribution in [3.05, 3.63) is 40.7 Å². The fourth-order valence-electron chi connectivity index (χ4n) is 1.94. The lowest BCUT2D eigenvalue weighted by molar-refractivity contribution is -0.124. The maximum absolute atomic E-state index is 12.0. The van der Waals surface area contributed by atoms with E-state index in [1.165, 1.54) is 4.90 Å². The summed E-state index contributed by atoms with van der Waals surface area (Å²) in [5.74, 6) is -0.189. The highest BCUT2D eigenvalue weighted by Gasteiger charge is 2.22. The predicted octanol–water partition coefficient (Wildman–Crippen LogP) is 2.88. The molecule has 0 atom stereocenters. The fourth-order valence-corrected chi connectivity index (χ4v) is 2.20. The van der Waals surface area contributed by atoms with E-state index in [0.29, 0.717) is 13.1 Å². The van der Waals surface area contributed by atoms with Gasteiger partial charge < -0.3 is 5.32 Å². The molecule has 1 heterocycles. The number of imide groups is 1. The lowest BCUT2D eigenvalue weighted by Crippen LogP contribution is -2.43. The van der Waals surface area contributed by atoms with Crippen LogP contribution < -0.4 is 5.32 Å². The number of nitrogens with zero attached hydrogens (tertiary/aromatic N) is 1. The zero-order chi connectivity index (χ0) is 13.7. The largest absolute Gasteiger partial charge is 0.334 e. The standard InChI is InChI=1S/C14H16BrN2O2/c15-12-7-5-11(6-8-12)10-16-14(19)17-9-3-1-2-4-13(17)18/h4-8H,1-3,9-10H2,(H,16,19). The van der Waals surface area contributed by atoms with E-state index in [1.54, 1.807) is 6.42 Å². The van der Waals surface area contributed by atoms with Gasteiger partial charge in [0.1, 0.15) is 0 Å². The molecule has 0 aromatic heterocycles. The van der Waals surface area contributed by atoms with E-state index in [-0.39, 0.29) is 11.9 Å². The molecule has 3 amide bonds. The minimum atomic E-state index is -0.314. The Morgan fingerprint density at radius 1 is 1.26 bits per heavy atom. The van der Waals surface area contributed by atoms with Crippen LogP contribution in [0.5, 0.6) is 0 Å². The molecule has 5 heteroatoms. The van der Waals surface area contributed by atoms with Gasteiger partial charge in [0.25, 0.3) is 0 Å². The molecule has 1 N–H and O–H groups in total. The van der Waals surface area contributed by atoms with Crippen molar-refractivity contribution in [2.45, 2.75) is 25.8 Å². The van der Waals surface area contributed by atoms with Gasteiger partial charge in [-0.1, -0.05) is 34.5 Å². The summed E-state index contributed by atoms with van der Waals surface area (Å²) in [6, 6.07) is 7.39. The van der Waals surface area contributed by atoms with Crippen LogP contribution in [0.2, 0.25) is 0 Å². The highest BCUT2D eigenvalue weighted by molar-refractivity contribution is 9.10. The summed E-state index contributed by atoms with van der Waals surface area (Å²) in [6.07, 6.45) is 4.18. The predicted molar refractivity (Wildman–Crippen MR) is 76.2 cm³/mol. The van der Waals surface area contributed by atoms with E-state index in [1.807, 2.05) is 24.3 Å². The molecule has 4 nitrogen and oxygen atoms in total. The van der Waals surface area contributed by atoms with E-state index in [9.17, 15) is 9.59 Å². The minimum Gasteiger partial charge on any atom is -0.334 e. The Bertz CT molecular complexity index is 459. The molecule has 0 aliphatic carbocycles. The van der Waals surface area contributed by atoms with Crippen molar-refractivity contribution in [1.29, 1.82) is 0 Å². The molecule has 0 unspecified atom stereocenters. The second-order valence-electron chi connectivity index (χ2n) is 4.47. The molecule has 0 spiro atoms. The molecule has 101 valence electrons. The fraction of sp³-hybridized carbons (Fsp3) is 0.357. The summed E-state index contributed by atoms with van der Waals surface area (Å²) in [4.78, 5) is 25.0. The Balaban J connectivity index is 1.89. The summed E-state index contributed by atoms with van der Waals surface area (Å²) in [6.45, 7) is 0.928. The normalized spacial score (nSPS) is 16.1. The highest BCUT2D eigenvalue weighted by Crippen LogP contribution is 2.12. The maximum Gasteiger partial charge on any atom is 0.324 e. The van der Waals surface area contributed by atoms with Crippen molar-refractivity contribution < 1.29 is 9.59 Å². The number of carbonyl (C=O) groups excluding carboxylic acids is 2. The lowest BCUT2D eigenvalue weighted by Gasteiger charge is -2.18. The number of benzene rings is 1. The molecule has 1 fully saturated rings. The Kier molecular flexibility index (Phi) is 4.96. The number of hydrogen-bond donors (Lipinski definition) is 1. The Labute approximate surface area is 121 Å².